The molecule has 1 aliphatic carbocycles. The van der Waals surface area contributed by atoms with Crippen molar-refractivity contribution in [1.29, 1.82) is 0 Å². The normalized spacial score (nSPS) is 21.4. The van der Waals surface area contributed by atoms with Gasteiger partial charge >= 0.3 is 0 Å². The summed E-state index contributed by atoms with van der Waals surface area (Å²) in [4.78, 5) is 9.77. The lowest BCUT2D eigenvalue weighted by molar-refractivity contribution is 0.315. The van der Waals surface area contributed by atoms with E-state index in [-0.39, 0.29) is 0 Å². The molecule has 2 fully saturated rings. The van der Waals surface area contributed by atoms with Gasteiger partial charge in [-0.2, -0.15) is 0 Å². The Kier molecular flexibility index (Phi) is 6.19. The number of guanidine groups is 1. The summed E-state index contributed by atoms with van der Waals surface area (Å²) < 4.78 is 5.47. The number of para-hydroxylation sites is 1. The smallest absolute Gasteiger partial charge is 0.193 e. The van der Waals surface area contributed by atoms with Crippen molar-refractivity contribution in [2.24, 2.45) is 10.9 Å². The molecule has 0 aromatic heterocycles. The van der Waals surface area contributed by atoms with Crippen molar-refractivity contribution < 1.29 is 4.74 Å². The van der Waals surface area contributed by atoms with Gasteiger partial charge in [-0.1, -0.05) is 18.2 Å². The van der Waals surface area contributed by atoms with Gasteiger partial charge in [0.1, 0.15) is 5.75 Å². The van der Waals surface area contributed by atoms with E-state index in [0.717, 1.165) is 37.4 Å². The molecule has 1 unspecified atom stereocenters. The number of likely N-dealkylation sites (tertiary alicyclic amines) is 1. The lowest BCUT2D eigenvalue weighted by Gasteiger charge is -2.23. The van der Waals surface area contributed by atoms with E-state index in [1.165, 1.54) is 37.9 Å². The molecule has 5 nitrogen and oxygen atoms in total. The predicted molar refractivity (Wildman–Crippen MR) is 103 cm³/mol. The number of hydrogen-bond acceptors (Lipinski definition) is 3. The maximum atomic E-state index is 5.47. The minimum absolute atomic E-state index is 0.703. The van der Waals surface area contributed by atoms with Gasteiger partial charge in [0, 0.05) is 44.8 Å². The third kappa shape index (κ3) is 4.88. The number of benzene rings is 1. The first-order valence-electron chi connectivity index (χ1n) is 9.56. The minimum atomic E-state index is 0.703. The second-order valence-electron chi connectivity index (χ2n) is 7.24. The summed E-state index contributed by atoms with van der Waals surface area (Å²) in [7, 11) is 3.82. The summed E-state index contributed by atoms with van der Waals surface area (Å²) in [5, 5.41) is 3.43. The van der Waals surface area contributed by atoms with E-state index in [1.807, 2.05) is 12.1 Å². The second-order valence-corrected chi connectivity index (χ2v) is 7.24. The van der Waals surface area contributed by atoms with Crippen LogP contribution in [0.5, 0.6) is 5.75 Å². The maximum Gasteiger partial charge on any atom is 0.193 e. The molecule has 0 bridgehead atoms. The standard InChI is InChI=1S/C20H32N4O/c1-4-21-20(22-13-16-11-12-24(14-16)18-9-10-18)23(2)15-17-7-5-6-8-19(17)25-3/h5-8,16,18H,4,9-15H2,1-3H3,(H,21,22). The van der Waals surface area contributed by atoms with E-state index in [9.17, 15) is 0 Å². The molecule has 2 aliphatic rings. The average molecular weight is 345 g/mol. The first-order valence-corrected chi connectivity index (χ1v) is 9.56. The molecular formula is C20H32N4O. The molecule has 0 amide bonds. The van der Waals surface area contributed by atoms with E-state index in [2.05, 4.69) is 41.2 Å². The van der Waals surface area contributed by atoms with Crippen molar-refractivity contribution in [3.8, 4) is 5.75 Å². The SMILES string of the molecule is CCNC(=NCC1CCN(C2CC2)C1)N(C)Cc1ccccc1OC. The van der Waals surface area contributed by atoms with Crippen molar-refractivity contribution in [2.45, 2.75) is 38.8 Å². The van der Waals surface area contributed by atoms with E-state index in [4.69, 9.17) is 9.73 Å². The largest absolute Gasteiger partial charge is 0.496 e. The van der Waals surface area contributed by atoms with Crippen molar-refractivity contribution >= 4 is 5.96 Å². The van der Waals surface area contributed by atoms with Crippen LogP contribution in [0.3, 0.4) is 0 Å². The summed E-state index contributed by atoms with van der Waals surface area (Å²) in [6, 6.07) is 9.07. The van der Waals surface area contributed by atoms with Crippen molar-refractivity contribution in [3.05, 3.63) is 29.8 Å². The molecule has 1 aromatic rings. The molecule has 5 heteroatoms. The summed E-state index contributed by atoms with van der Waals surface area (Å²) in [6.07, 6.45) is 4.09. The van der Waals surface area contributed by atoms with Crippen LogP contribution in [0.4, 0.5) is 0 Å². The molecule has 3 rings (SSSR count). The number of rotatable bonds is 7. The van der Waals surface area contributed by atoms with Gasteiger partial charge in [-0.3, -0.25) is 4.99 Å². The van der Waals surface area contributed by atoms with Gasteiger partial charge in [0.2, 0.25) is 0 Å². The molecule has 1 saturated carbocycles. The zero-order valence-electron chi connectivity index (χ0n) is 15.9. The van der Waals surface area contributed by atoms with Gasteiger partial charge in [-0.25, -0.2) is 0 Å². The molecule has 1 aromatic carbocycles. The Hall–Kier alpha value is -1.75. The van der Waals surface area contributed by atoms with Gasteiger partial charge in [-0.15, -0.1) is 0 Å². The van der Waals surface area contributed by atoms with E-state index in [0.29, 0.717) is 5.92 Å². The van der Waals surface area contributed by atoms with Gasteiger partial charge in [0.15, 0.2) is 5.96 Å². The van der Waals surface area contributed by atoms with Crippen molar-refractivity contribution in [3.63, 3.8) is 0 Å². The number of nitrogens with one attached hydrogen (secondary N) is 1. The van der Waals surface area contributed by atoms with Gasteiger partial charge in [-0.05, 0) is 44.7 Å². The average Bonchev–Trinajstić information content (AvgIpc) is 3.37. The van der Waals surface area contributed by atoms with Gasteiger partial charge < -0.3 is 19.9 Å². The Labute approximate surface area is 152 Å². The van der Waals surface area contributed by atoms with Crippen LogP contribution in [0, 0.1) is 5.92 Å². The first-order chi connectivity index (χ1) is 12.2. The molecule has 25 heavy (non-hydrogen) atoms. The summed E-state index contributed by atoms with van der Waals surface area (Å²) >= 11 is 0. The van der Waals surface area contributed by atoms with Crippen LogP contribution in [0.25, 0.3) is 0 Å². The Morgan fingerprint density at radius 2 is 2.12 bits per heavy atom. The van der Waals surface area contributed by atoms with Crippen LogP contribution in [0.15, 0.2) is 29.3 Å². The fraction of sp³-hybridized carbons (Fsp3) is 0.650. The van der Waals surface area contributed by atoms with Crippen LogP contribution in [0.2, 0.25) is 0 Å². The highest BCUT2D eigenvalue weighted by molar-refractivity contribution is 5.79. The number of hydrogen-bond donors (Lipinski definition) is 1. The fourth-order valence-electron chi connectivity index (χ4n) is 3.63. The number of methoxy groups -OCH3 is 1. The molecule has 1 aliphatic heterocycles. The molecule has 138 valence electrons. The van der Waals surface area contributed by atoms with Gasteiger partial charge in [0.05, 0.1) is 7.11 Å². The lowest BCUT2D eigenvalue weighted by atomic mass is 10.1. The highest BCUT2D eigenvalue weighted by atomic mass is 16.5. The van der Waals surface area contributed by atoms with Crippen molar-refractivity contribution in [1.82, 2.24) is 15.1 Å². The summed E-state index contributed by atoms with van der Waals surface area (Å²) in [6.45, 7) is 7.20. The molecule has 0 radical (unpaired) electrons. The fourth-order valence-corrected chi connectivity index (χ4v) is 3.63. The van der Waals surface area contributed by atoms with Crippen LogP contribution in [0.1, 0.15) is 31.7 Å². The van der Waals surface area contributed by atoms with Gasteiger partial charge in [0.25, 0.3) is 0 Å². The maximum absolute atomic E-state index is 5.47. The quantitative estimate of drug-likeness (QED) is 0.610. The van der Waals surface area contributed by atoms with E-state index >= 15 is 0 Å². The molecule has 0 spiro atoms. The minimum Gasteiger partial charge on any atom is -0.496 e. The Bertz CT molecular complexity index is 585. The number of aliphatic imine (C=N–C) groups is 1. The highest BCUT2D eigenvalue weighted by Crippen LogP contribution is 2.31. The summed E-state index contributed by atoms with van der Waals surface area (Å²) in [5.74, 6) is 2.62. The highest BCUT2D eigenvalue weighted by Gasteiger charge is 2.34. The molecule has 1 heterocycles. The van der Waals surface area contributed by atoms with E-state index in [1.54, 1.807) is 7.11 Å². The van der Waals surface area contributed by atoms with E-state index < -0.39 is 0 Å². The zero-order chi connectivity index (χ0) is 17.6. The van der Waals surface area contributed by atoms with Crippen LogP contribution >= 0.6 is 0 Å². The third-order valence-corrected chi connectivity index (χ3v) is 5.18. The van der Waals surface area contributed by atoms with Crippen LogP contribution in [-0.4, -0.2) is 62.1 Å². The molecule has 1 N–H and O–H groups in total. The predicted octanol–water partition coefficient (Wildman–Crippen LogP) is 2.58. The Morgan fingerprint density at radius 1 is 1.32 bits per heavy atom. The Balaban J connectivity index is 1.59. The number of nitrogens with zero attached hydrogens (tertiary/aromatic N) is 3. The second kappa shape index (κ2) is 8.56. The van der Waals surface area contributed by atoms with Crippen LogP contribution in [-0.2, 0) is 6.54 Å². The first kappa shape index (κ1) is 18.1. The Morgan fingerprint density at radius 3 is 2.84 bits per heavy atom. The lowest BCUT2D eigenvalue weighted by Crippen LogP contribution is -2.39. The molecular weight excluding hydrogens is 312 g/mol. The molecule has 1 saturated heterocycles. The topological polar surface area (TPSA) is 40.1 Å². The van der Waals surface area contributed by atoms with Crippen LogP contribution < -0.4 is 10.1 Å². The monoisotopic (exact) mass is 344 g/mol. The molecule has 1 atom stereocenters. The zero-order valence-corrected chi connectivity index (χ0v) is 15.9. The van der Waals surface area contributed by atoms with Crippen molar-refractivity contribution in [2.75, 3.05) is 40.3 Å². The number of ether oxygens (including phenoxy) is 1. The summed E-state index contributed by atoms with van der Waals surface area (Å²) in [5.41, 5.74) is 1.18. The third-order valence-electron chi connectivity index (χ3n) is 5.18.